The quantitative estimate of drug-likeness (QED) is 0.270. The molecule has 1 aromatic heterocycles. The van der Waals surface area contributed by atoms with Crippen LogP contribution in [0.3, 0.4) is 0 Å². The van der Waals surface area contributed by atoms with Crippen LogP contribution in [0.15, 0.2) is 54.6 Å². The zero-order valence-electron chi connectivity index (χ0n) is 15.4. The highest BCUT2D eigenvalue weighted by Gasteiger charge is 2.32. The lowest BCUT2D eigenvalue weighted by Gasteiger charge is -2.22. The maximum Gasteiger partial charge on any atom is 0.573 e. The molecule has 0 fully saturated rings. The van der Waals surface area contributed by atoms with Gasteiger partial charge in [-0.25, -0.2) is 9.78 Å². The molecule has 0 unspecified atom stereocenters. The van der Waals surface area contributed by atoms with Crippen molar-refractivity contribution in [1.29, 1.82) is 0 Å². The molecule has 0 N–H and O–H groups in total. The van der Waals surface area contributed by atoms with Gasteiger partial charge in [0.2, 0.25) is 0 Å². The molecule has 4 aromatic rings. The Hall–Kier alpha value is -3.81. The Labute approximate surface area is 167 Å². The molecule has 0 saturated heterocycles. The summed E-state index contributed by atoms with van der Waals surface area (Å²) >= 11 is 0. The van der Waals surface area contributed by atoms with E-state index in [-0.39, 0.29) is 5.75 Å². The predicted molar refractivity (Wildman–Crippen MR) is 103 cm³/mol. The lowest BCUT2D eigenvalue weighted by Crippen LogP contribution is -2.17. The standard InChI is InChI=1S/C22H12F3NO4/c1-28-21(27)11-5-7-13-14-3-2-4-18-19(14)20(26-16(13)9-11)15-10-12(30-22(23,24)25)6-8-17(15)29-18/h2-10H,1H3. The van der Waals surface area contributed by atoms with Crippen LogP contribution in [-0.2, 0) is 4.74 Å². The van der Waals surface area contributed by atoms with Crippen LogP contribution in [0.4, 0.5) is 13.2 Å². The molecule has 0 amide bonds. The van der Waals surface area contributed by atoms with Gasteiger partial charge >= 0.3 is 12.3 Å². The van der Waals surface area contributed by atoms with Gasteiger partial charge in [-0.05, 0) is 41.8 Å². The van der Waals surface area contributed by atoms with Crippen molar-refractivity contribution in [1.82, 2.24) is 4.98 Å². The van der Waals surface area contributed by atoms with Gasteiger partial charge in [0.15, 0.2) is 0 Å². The third-order valence-corrected chi connectivity index (χ3v) is 4.86. The normalized spacial score (nSPS) is 12.4. The van der Waals surface area contributed by atoms with Crippen molar-refractivity contribution < 1.29 is 32.2 Å². The molecule has 30 heavy (non-hydrogen) atoms. The number of esters is 1. The van der Waals surface area contributed by atoms with E-state index in [0.29, 0.717) is 39.2 Å². The first-order valence-corrected chi connectivity index (χ1v) is 8.87. The van der Waals surface area contributed by atoms with Gasteiger partial charge < -0.3 is 14.2 Å². The Bertz CT molecular complexity index is 1350. The molecule has 8 heteroatoms. The molecule has 0 radical (unpaired) electrons. The summed E-state index contributed by atoms with van der Waals surface area (Å²) in [6.45, 7) is 0. The summed E-state index contributed by atoms with van der Waals surface area (Å²) in [6, 6.07) is 14.3. The van der Waals surface area contributed by atoms with Crippen molar-refractivity contribution in [2.24, 2.45) is 0 Å². The number of carbonyl (C=O) groups is 1. The number of carbonyl (C=O) groups excluding carboxylic acids is 1. The topological polar surface area (TPSA) is 57.7 Å². The fourth-order valence-electron chi connectivity index (χ4n) is 3.65. The van der Waals surface area contributed by atoms with Crippen molar-refractivity contribution in [3.8, 4) is 28.5 Å². The zero-order valence-corrected chi connectivity index (χ0v) is 15.4. The third kappa shape index (κ3) is 2.88. The first-order valence-electron chi connectivity index (χ1n) is 8.87. The first-order chi connectivity index (χ1) is 14.3. The molecule has 3 aromatic carbocycles. The van der Waals surface area contributed by atoms with E-state index in [1.807, 2.05) is 12.1 Å². The SMILES string of the molecule is COC(=O)c1ccc2c(c1)nc1c3c(cccc32)Oc2ccc(OC(F)(F)F)cc2-1. The minimum atomic E-state index is -4.82. The molecular formula is C22H12F3NO4. The number of methoxy groups -OCH3 is 1. The van der Waals surface area contributed by atoms with Gasteiger partial charge in [0.25, 0.3) is 0 Å². The second kappa shape index (κ2) is 6.35. The summed E-state index contributed by atoms with van der Waals surface area (Å²) in [4.78, 5) is 16.6. The molecule has 5 nitrogen and oxygen atoms in total. The molecule has 5 rings (SSSR count). The summed E-state index contributed by atoms with van der Waals surface area (Å²) < 4.78 is 52.8. The van der Waals surface area contributed by atoms with E-state index in [4.69, 9.17) is 9.47 Å². The van der Waals surface area contributed by atoms with Crippen LogP contribution in [0.2, 0.25) is 0 Å². The second-order valence-electron chi connectivity index (χ2n) is 6.67. The average Bonchev–Trinajstić information content (AvgIpc) is 2.72. The van der Waals surface area contributed by atoms with Crippen LogP contribution in [0.25, 0.3) is 32.9 Å². The van der Waals surface area contributed by atoms with Crippen molar-refractivity contribution >= 4 is 27.6 Å². The van der Waals surface area contributed by atoms with Crippen molar-refractivity contribution in [3.63, 3.8) is 0 Å². The van der Waals surface area contributed by atoms with Crippen LogP contribution >= 0.6 is 0 Å². The lowest BCUT2D eigenvalue weighted by molar-refractivity contribution is -0.274. The summed E-state index contributed by atoms with van der Waals surface area (Å²) in [7, 11) is 1.28. The van der Waals surface area contributed by atoms with E-state index in [1.165, 1.54) is 25.3 Å². The van der Waals surface area contributed by atoms with Crippen molar-refractivity contribution in [2.45, 2.75) is 6.36 Å². The average molecular weight is 411 g/mol. The summed E-state index contributed by atoms with van der Waals surface area (Å²) in [5, 5.41) is 2.25. The van der Waals surface area contributed by atoms with Crippen LogP contribution in [-0.4, -0.2) is 24.4 Å². The minimum Gasteiger partial charge on any atom is -0.465 e. The predicted octanol–water partition coefficient (Wildman–Crippen LogP) is 5.85. The number of hydrogen-bond donors (Lipinski definition) is 0. The Morgan fingerprint density at radius 2 is 1.83 bits per heavy atom. The van der Waals surface area contributed by atoms with Gasteiger partial charge in [-0.1, -0.05) is 18.2 Å². The lowest BCUT2D eigenvalue weighted by atomic mass is 9.96. The third-order valence-electron chi connectivity index (χ3n) is 4.86. The van der Waals surface area contributed by atoms with Gasteiger partial charge in [0.05, 0.1) is 29.3 Å². The highest BCUT2D eigenvalue weighted by Crippen LogP contribution is 2.48. The maximum atomic E-state index is 12.7. The summed E-state index contributed by atoms with van der Waals surface area (Å²) in [5.41, 5.74) is 1.64. The molecule has 0 aliphatic carbocycles. The van der Waals surface area contributed by atoms with E-state index in [1.54, 1.807) is 24.3 Å². The van der Waals surface area contributed by atoms with Gasteiger partial charge in [0, 0.05) is 10.9 Å². The number of fused-ring (bicyclic) bond motifs is 4. The maximum absolute atomic E-state index is 12.7. The van der Waals surface area contributed by atoms with Crippen LogP contribution in [0.1, 0.15) is 10.4 Å². The Balaban J connectivity index is 1.80. The molecule has 0 saturated carbocycles. The molecule has 150 valence electrons. The number of aromatic nitrogens is 1. The number of nitrogens with zero attached hydrogens (tertiary/aromatic N) is 1. The van der Waals surface area contributed by atoms with Crippen molar-refractivity contribution in [3.05, 3.63) is 60.2 Å². The number of benzene rings is 3. The molecule has 1 aliphatic rings. The summed E-state index contributed by atoms with van der Waals surface area (Å²) in [6.07, 6.45) is -4.82. The van der Waals surface area contributed by atoms with E-state index in [0.717, 1.165) is 10.8 Å². The number of halogens is 3. The number of rotatable bonds is 2. The Kier molecular flexibility index (Phi) is 3.86. The number of alkyl halides is 3. The monoisotopic (exact) mass is 411 g/mol. The number of hydrogen-bond acceptors (Lipinski definition) is 5. The van der Waals surface area contributed by atoms with Gasteiger partial charge in [-0.15, -0.1) is 13.2 Å². The fraction of sp³-hybridized carbons (Fsp3) is 0.0909. The van der Waals surface area contributed by atoms with Gasteiger partial charge in [0.1, 0.15) is 17.2 Å². The van der Waals surface area contributed by atoms with Crippen LogP contribution in [0, 0.1) is 0 Å². The highest BCUT2D eigenvalue weighted by atomic mass is 19.4. The molecule has 0 spiro atoms. The first kappa shape index (κ1) is 18.2. The Morgan fingerprint density at radius 3 is 2.60 bits per heavy atom. The number of ether oxygens (including phenoxy) is 3. The van der Waals surface area contributed by atoms with Crippen LogP contribution in [0.5, 0.6) is 17.2 Å². The number of pyridine rings is 1. The second-order valence-corrected chi connectivity index (χ2v) is 6.67. The fourth-order valence-corrected chi connectivity index (χ4v) is 3.65. The largest absolute Gasteiger partial charge is 0.573 e. The van der Waals surface area contributed by atoms with E-state index in [2.05, 4.69) is 9.72 Å². The van der Waals surface area contributed by atoms with Crippen LogP contribution < -0.4 is 9.47 Å². The van der Waals surface area contributed by atoms with E-state index in [9.17, 15) is 18.0 Å². The van der Waals surface area contributed by atoms with Gasteiger partial charge in [-0.2, -0.15) is 0 Å². The zero-order chi connectivity index (χ0) is 21.0. The molecule has 0 bridgehead atoms. The smallest absolute Gasteiger partial charge is 0.465 e. The van der Waals surface area contributed by atoms with E-state index >= 15 is 0 Å². The highest BCUT2D eigenvalue weighted by molar-refractivity contribution is 6.15. The molecule has 0 atom stereocenters. The van der Waals surface area contributed by atoms with E-state index < -0.39 is 12.3 Å². The van der Waals surface area contributed by atoms with Crippen molar-refractivity contribution in [2.75, 3.05) is 7.11 Å². The Morgan fingerprint density at radius 1 is 1.00 bits per heavy atom. The van der Waals surface area contributed by atoms with Gasteiger partial charge in [-0.3, -0.25) is 0 Å². The molecular weight excluding hydrogens is 399 g/mol. The molecule has 2 heterocycles. The molecule has 1 aliphatic heterocycles. The summed E-state index contributed by atoms with van der Waals surface area (Å²) in [5.74, 6) is 0.0276. The minimum absolute atomic E-state index is 0.321.